The van der Waals surface area contributed by atoms with Crippen molar-refractivity contribution in [2.45, 2.75) is 26.6 Å². The number of carbonyl (C=O) groups excluding carboxylic acids is 1. The summed E-state index contributed by atoms with van der Waals surface area (Å²) >= 11 is 0. The molecule has 0 radical (unpaired) electrons. The first-order valence-electron chi connectivity index (χ1n) is 4.71. The van der Waals surface area contributed by atoms with Crippen LogP contribution in [0.2, 0.25) is 0 Å². The zero-order chi connectivity index (χ0) is 10.1. The van der Waals surface area contributed by atoms with Crippen LogP contribution in [-0.4, -0.2) is 20.6 Å². The van der Waals surface area contributed by atoms with E-state index in [9.17, 15) is 4.79 Å². The molecular weight excluding hydrogens is 178 g/mol. The largest absolute Gasteiger partial charge is 0.329 e. The molecule has 1 aromatic rings. The van der Waals surface area contributed by atoms with Gasteiger partial charge in [-0.25, -0.2) is 0 Å². The van der Waals surface area contributed by atoms with E-state index >= 15 is 0 Å². The Kier molecular flexibility index (Phi) is 2.11. The number of rotatable bonds is 2. The summed E-state index contributed by atoms with van der Waals surface area (Å²) in [5, 5.41) is 4.23. The number of aromatic nitrogens is 2. The van der Waals surface area contributed by atoms with Gasteiger partial charge in [0.2, 0.25) is 5.91 Å². The molecule has 0 aliphatic carbocycles. The van der Waals surface area contributed by atoms with Crippen LogP contribution < -0.4 is 0 Å². The van der Waals surface area contributed by atoms with Crippen LogP contribution in [0.25, 0.3) is 0 Å². The lowest BCUT2D eigenvalue weighted by Gasteiger charge is -2.12. The molecule has 0 saturated carbocycles. The topological polar surface area (TPSA) is 38.1 Å². The van der Waals surface area contributed by atoms with Crippen LogP contribution in [0.5, 0.6) is 0 Å². The van der Waals surface area contributed by atoms with Gasteiger partial charge in [0, 0.05) is 18.7 Å². The van der Waals surface area contributed by atoms with Gasteiger partial charge in [0.25, 0.3) is 0 Å². The third-order valence-corrected chi connectivity index (χ3v) is 2.52. The lowest BCUT2D eigenvalue weighted by Crippen LogP contribution is -2.23. The molecule has 1 aliphatic rings. The van der Waals surface area contributed by atoms with Gasteiger partial charge < -0.3 is 4.90 Å². The Bertz CT molecular complexity index is 381. The molecule has 0 fully saturated rings. The average molecular weight is 191 g/mol. The van der Waals surface area contributed by atoms with Crippen molar-refractivity contribution in [3.8, 4) is 0 Å². The monoisotopic (exact) mass is 191 g/mol. The van der Waals surface area contributed by atoms with E-state index in [-0.39, 0.29) is 5.91 Å². The maximum atomic E-state index is 11.4. The Labute approximate surface area is 82.8 Å². The molecule has 1 aliphatic heterocycles. The van der Waals surface area contributed by atoms with E-state index < -0.39 is 0 Å². The van der Waals surface area contributed by atoms with Crippen LogP contribution in [0, 0.1) is 0 Å². The molecular formula is C10H13N3O. The molecule has 2 heterocycles. The fourth-order valence-electron chi connectivity index (χ4n) is 1.76. The van der Waals surface area contributed by atoms with Gasteiger partial charge in [-0.1, -0.05) is 6.58 Å². The first-order valence-corrected chi connectivity index (χ1v) is 4.71. The van der Waals surface area contributed by atoms with Gasteiger partial charge in [0.1, 0.15) is 0 Å². The van der Waals surface area contributed by atoms with Crippen molar-refractivity contribution in [2.24, 2.45) is 0 Å². The Morgan fingerprint density at radius 2 is 2.50 bits per heavy atom. The molecule has 0 aromatic carbocycles. The van der Waals surface area contributed by atoms with E-state index in [4.69, 9.17) is 0 Å². The van der Waals surface area contributed by atoms with Crippen LogP contribution in [0.3, 0.4) is 0 Å². The highest BCUT2D eigenvalue weighted by Crippen LogP contribution is 2.22. The molecule has 2 rings (SSSR count). The number of fused-ring (bicyclic) bond motifs is 1. The van der Waals surface area contributed by atoms with Crippen molar-refractivity contribution in [1.82, 2.24) is 14.7 Å². The first-order chi connectivity index (χ1) is 6.76. The predicted molar refractivity (Wildman–Crippen MR) is 52.4 cm³/mol. The molecule has 4 nitrogen and oxygen atoms in total. The van der Waals surface area contributed by atoms with E-state index in [0.29, 0.717) is 13.1 Å². The summed E-state index contributed by atoms with van der Waals surface area (Å²) in [6.45, 7) is 7.71. The van der Waals surface area contributed by atoms with Crippen LogP contribution >= 0.6 is 0 Å². The summed E-state index contributed by atoms with van der Waals surface area (Å²) in [5.74, 6) is -0.0103. The van der Waals surface area contributed by atoms with E-state index in [0.717, 1.165) is 17.8 Å². The SMILES string of the molecule is C=CC(=O)N1Cc2cnn(CC)c2C1. The number of nitrogens with zero attached hydrogens (tertiary/aromatic N) is 3. The number of carbonyl (C=O) groups is 1. The Hall–Kier alpha value is -1.58. The van der Waals surface area contributed by atoms with Crippen molar-refractivity contribution in [2.75, 3.05) is 0 Å². The molecule has 0 spiro atoms. The molecule has 0 saturated heterocycles. The van der Waals surface area contributed by atoms with Crippen LogP contribution in [0.1, 0.15) is 18.2 Å². The quantitative estimate of drug-likeness (QED) is 0.652. The smallest absolute Gasteiger partial charge is 0.246 e. The maximum Gasteiger partial charge on any atom is 0.246 e. The lowest BCUT2D eigenvalue weighted by molar-refractivity contribution is -0.126. The van der Waals surface area contributed by atoms with E-state index in [1.54, 1.807) is 4.90 Å². The molecule has 0 unspecified atom stereocenters. The summed E-state index contributed by atoms with van der Waals surface area (Å²) in [5.41, 5.74) is 2.31. The van der Waals surface area contributed by atoms with Crippen molar-refractivity contribution in [1.29, 1.82) is 0 Å². The predicted octanol–water partition coefficient (Wildman–Crippen LogP) is 0.931. The highest BCUT2D eigenvalue weighted by atomic mass is 16.2. The van der Waals surface area contributed by atoms with Gasteiger partial charge in [0.05, 0.1) is 18.4 Å². The van der Waals surface area contributed by atoms with Gasteiger partial charge in [0.15, 0.2) is 0 Å². The fourth-order valence-corrected chi connectivity index (χ4v) is 1.76. The third kappa shape index (κ3) is 1.23. The standard InChI is InChI=1S/C10H13N3O/c1-3-10(14)12-6-8-5-11-13(4-2)9(8)7-12/h3,5H,1,4,6-7H2,2H3. The summed E-state index contributed by atoms with van der Waals surface area (Å²) < 4.78 is 1.94. The third-order valence-electron chi connectivity index (χ3n) is 2.52. The number of hydrogen-bond donors (Lipinski definition) is 0. The second-order valence-corrected chi connectivity index (χ2v) is 3.33. The number of hydrogen-bond acceptors (Lipinski definition) is 2. The number of amides is 1. The molecule has 1 amide bonds. The lowest BCUT2D eigenvalue weighted by atomic mass is 10.3. The minimum Gasteiger partial charge on any atom is -0.329 e. The van der Waals surface area contributed by atoms with Crippen molar-refractivity contribution >= 4 is 5.91 Å². The zero-order valence-corrected chi connectivity index (χ0v) is 8.23. The van der Waals surface area contributed by atoms with Crippen molar-refractivity contribution in [3.05, 3.63) is 30.1 Å². The van der Waals surface area contributed by atoms with Crippen LogP contribution in [0.15, 0.2) is 18.9 Å². The van der Waals surface area contributed by atoms with Gasteiger partial charge in [-0.05, 0) is 13.0 Å². The second kappa shape index (κ2) is 3.29. The van der Waals surface area contributed by atoms with Gasteiger partial charge in [-0.3, -0.25) is 9.48 Å². The summed E-state index contributed by atoms with van der Waals surface area (Å²) in [7, 11) is 0. The average Bonchev–Trinajstić information content (AvgIpc) is 2.74. The summed E-state index contributed by atoms with van der Waals surface area (Å²) in [4.78, 5) is 13.1. The fraction of sp³-hybridized carbons (Fsp3) is 0.400. The summed E-state index contributed by atoms with van der Waals surface area (Å²) in [6.07, 6.45) is 3.20. The van der Waals surface area contributed by atoms with Gasteiger partial charge >= 0.3 is 0 Å². The van der Waals surface area contributed by atoms with E-state index in [2.05, 4.69) is 11.7 Å². The Balaban J connectivity index is 2.22. The first kappa shape index (κ1) is 8.99. The van der Waals surface area contributed by atoms with Crippen LogP contribution in [0.4, 0.5) is 0 Å². The molecule has 74 valence electrons. The highest BCUT2D eigenvalue weighted by Gasteiger charge is 2.24. The maximum absolute atomic E-state index is 11.4. The number of aryl methyl sites for hydroxylation is 1. The van der Waals surface area contributed by atoms with E-state index in [1.165, 1.54) is 6.08 Å². The van der Waals surface area contributed by atoms with Gasteiger partial charge in [-0.15, -0.1) is 0 Å². The molecule has 0 atom stereocenters. The minimum absolute atomic E-state index is 0.0103. The van der Waals surface area contributed by atoms with Crippen molar-refractivity contribution < 1.29 is 4.79 Å². The van der Waals surface area contributed by atoms with Crippen molar-refractivity contribution in [3.63, 3.8) is 0 Å². The Morgan fingerprint density at radius 3 is 3.14 bits per heavy atom. The summed E-state index contributed by atoms with van der Waals surface area (Å²) in [6, 6.07) is 0. The van der Waals surface area contributed by atoms with Crippen LogP contribution in [-0.2, 0) is 24.4 Å². The van der Waals surface area contributed by atoms with Gasteiger partial charge in [-0.2, -0.15) is 5.10 Å². The van der Waals surface area contributed by atoms with E-state index in [1.807, 2.05) is 17.8 Å². The molecule has 0 N–H and O–H groups in total. The Morgan fingerprint density at radius 1 is 1.71 bits per heavy atom. The second-order valence-electron chi connectivity index (χ2n) is 3.33. The molecule has 14 heavy (non-hydrogen) atoms. The normalized spacial score (nSPS) is 14.2. The molecule has 0 bridgehead atoms. The highest BCUT2D eigenvalue weighted by molar-refractivity contribution is 5.87. The minimum atomic E-state index is -0.0103. The molecule has 4 heteroatoms. The zero-order valence-electron chi connectivity index (χ0n) is 8.23. The molecule has 1 aromatic heterocycles.